The number of urea groups is 1. The van der Waals surface area contributed by atoms with Gasteiger partial charge >= 0.3 is 6.03 Å². The Labute approximate surface area is 131 Å². The molecule has 1 aliphatic heterocycles. The van der Waals surface area contributed by atoms with E-state index in [1.807, 2.05) is 32.0 Å². The van der Waals surface area contributed by atoms with Crippen molar-refractivity contribution in [3.63, 3.8) is 0 Å². The summed E-state index contributed by atoms with van der Waals surface area (Å²) >= 11 is 1.35. The van der Waals surface area contributed by atoms with Crippen molar-refractivity contribution in [3.05, 3.63) is 28.8 Å². The normalized spacial score (nSPS) is 12.3. The Morgan fingerprint density at radius 2 is 2.18 bits per heavy atom. The summed E-state index contributed by atoms with van der Waals surface area (Å²) in [5.74, 6) is 1.45. The van der Waals surface area contributed by atoms with Gasteiger partial charge < -0.3 is 14.4 Å². The molecule has 2 heterocycles. The molecule has 0 spiro atoms. The van der Waals surface area contributed by atoms with Gasteiger partial charge in [-0.15, -0.1) is 10.2 Å². The van der Waals surface area contributed by atoms with Crippen molar-refractivity contribution in [3.8, 4) is 11.5 Å². The molecule has 2 amide bonds. The van der Waals surface area contributed by atoms with Gasteiger partial charge in [0.2, 0.25) is 11.9 Å². The molecule has 0 atom stereocenters. The molecule has 0 bridgehead atoms. The van der Waals surface area contributed by atoms with Crippen LogP contribution in [0.2, 0.25) is 0 Å². The highest BCUT2D eigenvalue weighted by Gasteiger charge is 2.17. The quantitative estimate of drug-likeness (QED) is 0.937. The number of amides is 2. The Balaban J connectivity index is 1.67. The van der Waals surface area contributed by atoms with Crippen molar-refractivity contribution in [2.24, 2.45) is 0 Å². The fourth-order valence-corrected chi connectivity index (χ4v) is 2.69. The van der Waals surface area contributed by atoms with E-state index in [0.29, 0.717) is 24.0 Å². The Morgan fingerprint density at radius 3 is 2.91 bits per heavy atom. The zero-order chi connectivity index (χ0) is 15.5. The number of hydrogen-bond donors (Lipinski definition) is 1. The summed E-state index contributed by atoms with van der Waals surface area (Å²) in [5.41, 5.74) is 0.981. The molecule has 7 nitrogen and oxygen atoms in total. The molecule has 116 valence electrons. The highest BCUT2D eigenvalue weighted by atomic mass is 32.1. The maximum atomic E-state index is 12.3. The van der Waals surface area contributed by atoms with Gasteiger partial charge in [-0.1, -0.05) is 17.4 Å². The summed E-state index contributed by atoms with van der Waals surface area (Å²) in [7, 11) is 0. The predicted octanol–water partition coefficient (Wildman–Crippen LogP) is 2.63. The number of nitrogens with one attached hydrogen (secondary N) is 1. The highest BCUT2D eigenvalue weighted by Crippen LogP contribution is 2.32. The molecule has 0 radical (unpaired) electrons. The van der Waals surface area contributed by atoms with Gasteiger partial charge in [-0.05, 0) is 31.5 Å². The van der Waals surface area contributed by atoms with Crippen molar-refractivity contribution in [1.29, 1.82) is 0 Å². The van der Waals surface area contributed by atoms with E-state index in [0.717, 1.165) is 16.3 Å². The zero-order valence-electron chi connectivity index (χ0n) is 12.3. The maximum absolute atomic E-state index is 12.3. The molecule has 3 rings (SSSR count). The first kappa shape index (κ1) is 14.6. The predicted molar refractivity (Wildman–Crippen MR) is 82.3 cm³/mol. The summed E-state index contributed by atoms with van der Waals surface area (Å²) < 4.78 is 10.6. The number of aromatic nitrogens is 2. The van der Waals surface area contributed by atoms with Crippen LogP contribution < -0.4 is 14.8 Å². The van der Waals surface area contributed by atoms with E-state index in [1.54, 1.807) is 4.90 Å². The van der Waals surface area contributed by atoms with Gasteiger partial charge in [-0.3, -0.25) is 5.32 Å². The van der Waals surface area contributed by atoms with Crippen LogP contribution in [0.5, 0.6) is 11.5 Å². The fourth-order valence-electron chi connectivity index (χ4n) is 2.10. The average molecular weight is 320 g/mol. The van der Waals surface area contributed by atoms with E-state index in [2.05, 4.69) is 15.5 Å². The maximum Gasteiger partial charge on any atom is 0.323 e. The number of hydrogen-bond acceptors (Lipinski definition) is 6. The van der Waals surface area contributed by atoms with Crippen molar-refractivity contribution in [2.75, 3.05) is 18.7 Å². The summed E-state index contributed by atoms with van der Waals surface area (Å²) in [6.07, 6.45) is 0. The monoisotopic (exact) mass is 320 g/mol. The molecule has 0 unspecified atom stereocenters. The Kier molecular flexibility index (Phi) is 4.10. The van der Waals surface area contributed by atoms with Crippen molar-refractivity contribution in [1.82, 2.24) is 15.1 Å². The van der Waals surface area contributed by atoms with E-state index >= 15 is 0 Å². The van der Waals surface area contributed by atoms with Crippen molar-refractivity contribution >= 4 is 22.5 Å². The van der Waals surface area contributed by atoms with Gasteiger partial charge in [0.05, 0.1) is 0 Å². The summed E-state index contributed by atoms with van der Waals surface area (Å²) in [5, 5.41) is 11.9. The summed E-state index contributed by atoms with van der Waals surface area (Å²) in [6, 6.07) is 5.49. The second-order valence-electron chi connectivity index (χ2n) is 4.76. The van der Waals surface area contributed by atoms with Gasteiger partial charge in [0.1, 0.15) is 5.01 Å². The average Bonchev–Trinajstić information content (AvgIpc) is 3.12. The lowest BCUT2D eigenvalue weighted by molar-refractivity contribution is 0.174. The Hall–Kier alpha value is -2.35. The summed E-state index contributed by atoms with van der Waals surface area (Å²) in [6.45, 7) is 5.08. The van der Waals surface area contributed by atoms with Crippen LogP contribution in [0.15, 0.2) is 18.2 Å². The number of nitrogens with zero attached hydrogens (tertiary/aromatic N) is 3. The lowest BCUT2D eigenvalue weighted by atomic mass is 10.2. The number of benzene rings is 1. The molecular formula is C14H16N4O3S. The molecule has 8 heteroatoms. The van der Waals surface area contributed by atoms with Gasteiger partial charge in [0.15, 0.2) is 11.5 Å². The van der Waals surface area contributed by atoms with Crippen LogP contribution in [0.25, 0.3) is 0 Å². The molecule has 1 N–H and O–H groups in total. The van der Waals surface area contributed by atoms with Crippen LogP contribution in [0.4, 0.5) is 9.93 Å². The largest absolute Gasteiger partial charge is 0.454 e. The number of rotatable bonds is 4. The molecule has 0 saturated carbocycles. The van der Waals surface area contributed by atoms with E-state index in [1.165, 1.54) is 11.3 Å². The topological polar surface area (TPSA) is 76.6 Å². The number of anilines is 1. The van der Waals surface area contributed by atoms with Crippen LogP contribution in [-0.2, 0) is 6.54 Å². The summed E-state index contributed by atoms with van der Waals surface area (Å²) in [4.78, 5) is 14.0. The Morgan fingerprint density at radius 1 is 1.36 bits per heavy atom. The molecule has 22 heavy (non-hydrogen) atoms. The first-order valence-electron chi connectivity index (χ1n) is 6.90. The smallest absolute Gasteiger partial charge is 0.323 e. The standard InChI is InChI=1S/C14H16N4O3S/c1-3-18(14(19)15-13-17-16-9(2)22-13)7-10-4-5-11-12(6-10)21-8-20-11/h4-6H,3,7-8H2,1-2H3,(H,15,17,19). The molecule has 1 aromatic heterocycles. The number of aryl methyl sites for hydroxylation is 1. The third-order valence-corrected chi connectivity index (χ3v) is 3.97. The number of carbonyl (C=O) groups excluding carboxylic acids is 1. The zero-order valence-corrected chi connectivity index (χ0v) is 13.1. The molecule has 0 saturated heterocycles. The highest BCUT2D eigenvalue weighted by molar-refractivity contribution is 7.15. The van der Waals surface area contributed by atoms with Gasteiger partial charge in [0, 0.05) is 13.1 Å². The van der Waals surface area contributed by atoms with Crippen LogP contribution in [-0.4, -0.2) is 34.5 Å². The number of carbonyl (C=O) groups is 1. The first-order valence-corrected chi connectivity index (χ1v) is 7.72. The molecule has 1 aromatic carbocycles. The van der Waals surface area contributed by atoms with E-state index in [9.17, 15) is 4.79 Å². The lowest BCUT2D eigenvalue weighted by Crippen LogP contribution is -2.34. The minimum atomic E-state index is -0.198. The second kappa shape index (κ2) is 6.18. The van der Waals surface area contributed by atoms with E-state index in [-0.39, 0.29) is 12.8 Å². The van der Waals surface area contributed by atoms with Crippen LogP contribution in [0, 0.1) is 6.92 Å². The molecular weight excluding hydrogens is 304 g/mol. The lowest BCUT2D eigenvalue weighted by Gasteiger charge is -2.20. The fraction of sp³-hybridized carbons (Fsp3) is 0.357. The van der Waals surface area contributed by atoms with Crippen LogP contribution in [0.3, 0.4) is 0 Å². The van der Waals surface area contributed by atoms with Gasteiger partial charge in [-0.2, -0.15) is 0 Å². The number of fused-ring (bicyclic) bond motifs is 1. The van der Waals surface area contributed by atoms with E-state index in [4.69, 9.17) is 9.47 Å². The van der Waals surface area contributed by atoms with Gasteiger partial charge in [-0.25, -0.2) is 4.79 Å². The van der Waals surface area contributed by atoms with Crippen LogP contribution >= 0.6 is 11.3 Å². The van der Waals surface area contributed by atoms with Crippen molar-refractivity contribution in [2.45, 2.75) is 20.4 Å². The minimum absolute atomic E-state index is 0.198. The minimum Gasteiger partial charge on any atom is -0.454 e. The van der Waals surface area contributed by atoms with Gasteiger partial charge in [0.25, 0.3) is 0 Å². The molecule has 0 aliphatic carbocycles. The molecule has 2 aromatic rings. The first-order chi connectivity index (χ1) is 10.7. The number of ether oxygens (including phenoxy) is 2. The SMILES string of the molecule is CCN(Cc1ccc2c(c1)OCO2)C(=O)Nc1nnc(C)s1. The third kappa shape index (κ3) is 3.11. The molecule has 0 fully saturated rings. The van der Waals surface area contributed by atoms with Crippen molar-refractivity contribution < 1.29 is 14.3 Å². The van der Waals surface area contributed by atoms with E-state index < -0.39 is 0 Å². The molecule has 1 aliphatic rings. The third-order valence-electron chi connectivity index (χ3n) is 3.22. The Bertz CT molecular complexity index is 688. The van der Waals surface area contributed by atoms with Crippen LogP contribution in [0.1, 0.15) is 17.5 Å². The second-order valence-corrected chi connectivity index (χ2v) is 5.94.